The summed E-state index contributed by atoms with van der Waals surface area (Å²) in [6.07, 6.45) is 0.233. The summed E-state index contributed by atoms with van der Waals surface area (Å²) in [4.78, 5) is 30.5. The first-order valence-electron chi connectivity index (χ1n) is 8.97. The van der Waals surface area contributed by atoms with E-state index in [4.69, 9.17) is 4.74 Å². The number of para-hydroxylation sites is 1. The van der Waals surface area contributed by atoms with Crippen molar-refractivity contribution in [2.75, 3.05) is 23.9 Å². The Balaban J connectivity index is 1.67. The number of nitrogens with one attached hydrogen (secondary N) is 1. The van der Waals surface area contributed by atoms with E-state index in [0.29, 0.717) is 28.3 Å². The number of pyridine rings is 1. The Kier molecular flexibility index (Phi) is 3.52. The smallest absolute Gasteiger partial charge is 0.264 e. The molecular formula is C21H17N3O4. The Bertz CT molecular complexity index is 1160. The number of nitrogens with zero attached hydrogens (tertiary/aromatic N) is 2. The molecule has 1 aromatic heterocycles. The first-order valence-corrected chi connectivity index (χ1v) is 8.97. The van der Waals surface area contributed by atoms with E-state index >= 15 is 0 Å². The van der Waals surface area contributed by atoms with Gasteiger partial charge in [-0.2, -0.15) is 0 Å². The highest BCUT2D eigenvalue weighted by atomic mass is 16.5. The average molecular weight is 375 g/mol. The second-order valence-electron chi connectivity index (χ2n) is 7.04. The third-order valence-electron chi connectivity index (χ3n) is 5.33. The molecule has 0 spiro atoms. The summed E-state index contributed by atoms with van der Waals surface area (Å²) in [6.45, 7) is -0.0227. The fourth-order valence-corrected chi connectivity index (χ4v) is 3.83. The highest BCUT2D eigenvalue weighted by molar-refractivity contribution is 6.00. The minimum atomic E-state index is -0.288. The summed E-state index contributed by atoms with van der Waals surface area (Å²) in [5, 5.41) is 13.9. The molecule has 0 saturated heterocycles. The van der Waals surface area contributed by atoms with Crippen LogP contribution >= 0.6 is 0 Å². The third-order valence-corrected chi connectivity index (χ3v) is 5.33. The molecule has 0 radical (unpaired) electrons. The highest BCUT2D eigenvalue weighted by Crippen LogP contribution is 2.44. The van der Waals surface area contributed by atoms with Crippen LogP contribution in [0.5, 0.6) is 11.5 Å². The zero-order chi connectivity index (χ0) is 19.4. The molecule has 5 rings (SSSR count). The Morgan fingerprint density at radius 2 is 2.07 bits per heavy atom. The summed E-state index contributed by atoms with van der Waals surface area (Å²) >= 11 is 0. The van der Waals surface area contributed by atoms with Gasteiger partial charge in [-0.3, -0.25) is 9.59 Å². The number of phenols is 1. The Morgan fingerprint density at radius 3 is 2.93 bits per heavy atom. The van der Waals surface area contributed by atoms with Crippen LogP contribution in [0.4, 0.5) is 11.4 Å². The van der Waals surface area contributed by atoms with Crippen molar-refractivity contribution < 1.29 is 19.4 Å². The van der Waals surface area contributed by atoms with Gasteiger partial charge in [-0.25, -0.2) is 4.98 Å². The minimum absolute atomic E-state index is 0.0227. The van der Waals surface area contributed by atoms with E-state index in [1.165, 1.54) is 0 Å². The number of aromatic hydroxyl groups is 1. The largest absolute Gasteiger partial charge is 0.506 e. The highest BCUT2D eigenvalue weighted by Gasteiger charge is 2.32. The first kappa shape index (κ1) is 16.6. The van der Waals surface area contributed by atoms with E-state index in [-0.39, 0.29) is 36.5 Å². The second kappa shape index (κ2) is 5.95. The van der Waals surface area contributed by atoms with E-state index in [1.54, 1.807) is 30.1 Å². The maximum Gasteiger partial charge on any atom is 0.264 e. The van der Waals surface area contributed by atoms with Crippen LogP contribution in [0.2, 0.25) is 0 Å². The van der Waals surface area contributed by atoms with E-state index in [2.05, 4.69) is 10.3 Å². The average Bonchev–Trinajstić information content (AvgIpc) is 2.69. The number of phenolic OH excluding ortho intramolecular Hbond substituents is 1. The molecule has 0 bridgehead atoms. The zero-order valence-electron chi connectivity index (χ0n) is 15.1. The summed E-state index contributed by atoms with van der Waals surface area (Å²) < 4.78 is 5.53. The molecule has 0 saturated carbocycles. The Morgan fingerprint density at radius 1 is 1.21 bits per heavy atom. The monoisotopic (exact) mass is 375 g/mol. The second-order valence-corrected chi connectivity index (χ2v) is 7.04. The standard InChI is InChI=1S/C21H17N3O4/c1-24-16-7-12-13(14-6-5-11-3-2-4-17(25)21(11)23-14)8-19(26)22-15(12)9-18(16)28-10-20(24)27/h2-7,9,13,25H,8,10H2,1H3,(H,22,26). The van der Waals surface area contributed by atoms with Gasteiger partial charge >= 0.3 is 0 Å². The molecule has 2 N–H and O–H groups in total. The van der Waals surface area contributed by atoms with E-state index in [9.17, 15) is 14.7 Å². The maximum atomic E-state index is 12.3. The SMILES string of the molecule is CN1C(=O)COc2cc3c(cc21)C(c1ccc2cccc(O)c2n1)CC(=O)N3. The number of fused-ring (bicyclic) bond motifs is 3. The molecule has 28 heavy (non-hydrogen) atoms. The molecular weight excluding hydrogens is 358 g/mol. The van der Waals surface area contributed by atoms with E-state index < -0.39 is 0 Å². The molecule has 3 aromatic rings. The van der Waals surface area contributed by atoms with Crippen LogP contribution in [0.3, 0.4) is 0 Å². The lowest BCUT2D eigenvalue weighted by Crippen LogP contribution is -2.36. The van der Waals surface area contributed by atoms with Gasteiger partial charge in [-0.1, -0.05) is 18.2 Å². The van der Waals surface area contributed by atoms with Gasteiger partial charge in [0.15, 0.2) is 6.61 Å². The fourth-order valence-electron chi connectivity index (χ4n) is 3.83. The molecule has 7 nitrogen and oxygen atoms in total. The predicted octanol–water partition coefficient (Wildman–Crippen LogP) is 2.77. The van der Waals surface area contributed by atoms with E-state index in [0.717, 1.165) is 10.9 Å². The van der Waals surface area contributed by atoms with Crippen molar-refractivity contribution in [1.29, 1.82) is 0 Å². The van der Waals surface area contributed by atoms with Crippen LogP contribution in [0.1, 0.15) is 23.6 Å². The Labute approximate surface area is 160 Å². The van der Waals surface area contributed by atoms with Crippen molar-refractivity contribution in [2.45, 2.75) is 12.3 Å². The number of hydrogen-bond donors (Lipinski definition) is 2. The van der Waals surface area contributed by atoms with Gasteiger partial charge in [-0.15, -0.1) is 0 Å². The summed E-state index contributed by atoms with van der Waals surface area (Å²) in [7, 11) is 1.71. The number of ether oxygens (including phenoxy) is 1. The molecule has 2 aromatic carbocycles. The van der Waals surface area contributed by atoms with Crippen LogP contribution in [0.15, 0.2) is 42.5 Å². The number of hydrogen-bond acceptors (Lipinski definition) is 5. The molecule has 1 unspecified atom stereocenters. The van der Waals surface area contributed by atoms with Gasteiger partial charge in [0.2, 0.25) is 5.91 Å². The third kappa shape index (κ3) is 2.47. The lowest BCUT2D eigenvalue weighted by molar-refractivity contribution is -0.121. The van der Waals surface area contributed by atoms with Crippen molar-refractivity contribution in [1.82, 2.24) is 4.98 Å². The van der Waals surface area contributed by atoms with Crippen LogP contribution in [0, 0.1) is 0 Å². The zero-order valence-corrected chi connectivity index (χ0v) is 15.1. The van der Waals surface area contributed by atoms with Crippen molar-refractivity contribution in [3.05, 3.63) is 53.7 Å². The molecule has 7 heteroatoms. The van der Waals surface area contributed by atoms with Crippen LogP contribution in [-0.4, -0.2) is 35.6 Å². The fraction of sp³-hybridized carbons (Fsp3) is 0.190. The number of anilines is 2. The number of likely N-dealkylation sites (N-methyl/N-ethyl adjacent to an activating group) is 1. The summed E-state index contributed by atoms with van der Waals surface area (Å²) in [5.41, 5.74) is 3.38. The van der Waals surface area contributed by atoms with Crippen LogP contribution in [-0.2, 0) is 9.59 Å². The lowest BCUT2D eigenvalue weighted by Gasteiger charge is -2.31. The number of carbonyl (C=O) groups excluding carboxylic acids is 2. The van der Waals surface area contributed by atoms with Gasteiger partial charge in [0.25, 0.3) is 5.91 Å². The number of benzene rings is 2. The number of rotatable bonds is 1. The normalized spacial score (nSPS) is 18.3. The summed E-state index contributed by atoms with van der Waals surface area (Å²) in [5.74, 6) is 0.132. The molecule has 2 amide bonds. The molecule has 2 aliphatic heterocycles. The van der Waals surface area contributed by atoms with Gasteiger partial charge in [0.05, 0.1) is 5.69 Å². The van der Waals surface area contributed by atoms with Crippen molar-refractivity contribution in [2.24, 2.45) is 0 Å². The molecule has 140 valence electrons. The quantitative estimate of drug-likeness (QED) is 0.682. The number of amides is 2. The molecule has 0 fully saturated rings. The summed E-state index contributed by atoms with van der Waals surface area (Å²) in [6, 6.07) is 12.6. The number of aromatic nitrogens is 1. The molecule has 1 atom stereocenters. The van der Waals surface area contributed by atoms with Gasteiger partial charge in [-0.05, 0) is 23.8 Å². The van der Waals surface area contributed by atoms with Gasteiger partial charge in [0, 0.05) is 42.2 Å². The van der Waals surface area contributed by atoms with Crippen LogP contribution in [0.25, 0.3) is 10.9 Å². The maximum absolute atomic E-state index is 12.3. The molecule has 2 aliphatic rings. The number of carbonyl (C=O) groups is 2. The predicted molar refractivity (Wildman–Crippen MR) is 104 cm³/mol. The van der Waals surface area contributed by atoms with Gasteiger partial charge in [0.1, 0.15) is 17.0 Å². The van der Waals surface area contributed by atoms with Crippen molar-refractivity contribution in [3.8, 4) is 11.5 Å². The first-order chi connectivity index (χ1) is 13.5. The topological polar surface area (TPSA) is 91.8 Å². The van der Waals surface area contributed by atoms with Gasteiger partial charge < -0.3 is 20.1 Å². The van der Waals surface area contributed by atoms with Crippen LogP contribution < -0.4 is 15.0 Å². The lowest BCUT2D eigenvalue weighted by atomic mass is 9.86. The Hall–Kier alpha value is -3.61. The van der Waals surface area contributed by atoms with Crippen molar-refractivity contribution >= 4 is 34.1 Å². The van der Waals surface area contributed by atoms with E-state index in [1.807, 2.05) is 24.3 Å². The van der Waals surface area contributed by atoms with Crippen molar-refractivity contribution in [3.63, 3.8) is 0 Å². The molecule has 0 aliphatic carbocycles. The molecule has 3 heterocycles. The minimum Gasteiger partial charge on any atom is -0.506 e.